The average molecular weight is 400 g/mol. The number of hydrogen-bond acceptors (Lipinski definition) is 4. The standard InChI is InChI=1S/C17H12F4N2O5/c18-10-5-8(3-4-9(10)17(19,20)21)11(24)6-23-14(16(27)28)12(7-1-2-7)13(22-23)15(25)26/h3-5,7H,1-2,6H2,(H,25,26)(H,27,28). The Morgan fingerprint density at radius 1 is 1.14 bits per heavy atom. The van der Waals surface area contributed by atoms with Crippen molar-refractivity contribution in [2.45, 2.75) is 31.5 Å². The van der Waals surface area contributed by atoms with Gasteiger partial charge in [-0.3, -0.25) is 4.79 Å². The van der Waals surface area contributed by atoms with E-state index in [1.54, 1.807) is 0 Å². The predicted octanol–water partition coefficient (Wildman–Crippen LogP) is 3.20. The molecule has 28 heavy (non-hydrogen) atoms. The fraction of sp³-hybridized carbons (Fsp3) is 0.294. The number of aromatic nitrogens is 2. The molecule has 0 radical (unpaired) electrons. The SMILES string of the molecule is O=C(Cn1nc(C(=O)O)c(C2CC2)c1C(=O)O)c1ccc(C(F)(F)F)c(F)c1. The Balaban J connectivity index is 1.97. The third-order valence-corrected chi connectivity index (χ3v) is 4.27. The first kappa shape index (κ1) is 19.5. The van der Waals surface area contributed by atoms with Crippen molar-refractivity contribution in [1.29, 1.82) is 0 Å². The molecule has 1 fully saturated rings. The highest BCUT2D eigenvalue weighted by Gasteiger charge is 2.38. The van der Waals surface area contributed by atoms with Crippen LogP contribution in [0.4, 0.5) is 17.6 Å². The Kier molecular flexibility index (Phi) is 4.69. The molecule has 0 saturated heterocycles. The zero-order valence-electron chi connectivity index (χ0n) is 14.0. The Labute approximate surface area is 154 Å². The summed E-state index contributed by atoms with van der Waals surface area (Å²) in [7, 11) is 0. The lowest BCUT2D eigenvalue weighted by molar-refractivity contribution is -0.140. The summed E-state index contributed by atoms with van der Waals surface area (Å²) in [5, 5.41) is 22.3. The molecule has 11 heteroatoms. The summed E-state index contributed by atoms with van der Waals surface area (Å²) in [4.78, 5) is 35.3. The Morgan fingerprint density at radius 2 is 1.79 bits per heavy atom. The molecule has 1 aliphatic rings. The van der Waals surface area contributed by atoms with Crippen molar-refractivity contribution in [1.82, 2.24) is 9.78 Å². The van der Waals surface area contributed by atoms with Gasteiger partial charge in [0.05, 0.1) is 5.56 Å². The first-order valence-electron chi connectivity index (χ1n) is 7.98. The number of benzene rings is 1. The highest BCUT2D eigenvalue weighted by atomic mass is 19.4. The molecule has 1 aliphatic carbocycles. The van der Waals surface area contributed by atoms with Crippen molar-refractivity contribution in [3.05, 3.63) is 52.1 Å². The number of nitrogens with zero attached hydrogens (tertiary/aromatic N) is 2. The summed E-state index contributed by atoms with van der Waals surface area (Å²) >= 11 is 0. The van der Waals surface area contributed by atoms with E-state index in [-0.39, 0.29) is 11.5 Å². The summed E-state index contributed by atoms with van der Waals surface area (Å²) in [5.74, 6) is -5.83. The van der Waals surface area contributed by atoms with Crippen LogP contribution in [-0.2, 0) is 12.7 Å². The van der Waals surface area contributed by atoms with Crippen molar-refractivity contribution < 1.29 is 42.2 Å². The predicted molar refractivity (Wildman–Crippen MR) is 83.9 cm³/mol. The van der Waals surface area contributed by atoms with Gasteiger partial charge in [-0.2, -0.15) is 18.3 Å². The van der Waals surface area contributed by atoms with Gasteiger partial charge < -0.3 is 10.2 Å². The molecule has 0 aliphatic heterocycles. The van der Waals surface area contributed by atoms with Gasteiger partial charge in [0, 0.05) is 11.1 Å². The van der Waals surface area contributed by atoms with E-state index in [1.807, 2.05) is 0 Å². The molecule has 2 aromatic rings. The number of hydrogen-bond donors (Lipinski definition) is 2. The molecule has 3 rings (SSSR count). The van der Waals surface area contributed by atoms with Crippen LogP contribution < -0.4 is 0 Å². The number of carbonyl (C=O) groups is 3. The molecule has 1 aromatic carbocycles. The molecule has 0 amide bonds. The number of Topliss-reactive ketones (excluding diaryl/α,β-unsaturated/α-hetero) is 1. The maximum atomic E-state index is 13.7. The maximum absolute atomic E-state index is 13.7. The van der Waals surface area contributed by atoms with Gasteiger partial charge >= 0.3 is 18.1 Å². The van der Waals surface area contributed by atoms with E-state index in [4.69, 9.17) is 0 Å². The van der Waals surface area contributed by atoms with Gasteiger partial charge in [0.25, 0.3) is 0 Å². The lowest BCUT2D eigenvalue weighted by Gasteiger charge is -2.09. The third kappa shape index (κ3) is 3.59. The van der Waals surface area contributed by atoms with Gasteiger partial charge in [-0.25, -0.2) is 18.7 Å². The van der Waals surface area contributed by atoms with Crippen molar-refractivity contribution in [2.24, 2.45) is 0 Å². The van der Waals surface area contributed by atoms with Crippen LogP contribution in [0.1, 0.15) is 61.2 Å². The third-order valence-electron chi connectivity index (χ3n) is 4.27. The summed E-state index contributed by atoms with van der Waals surface area (Å²) in [6.07, 6.45) is -3.78. The summed E-state index contributed by atoms with van der Waals surface area (Å²) < 4.78 is 52.2. The smallest absolute Gasteiger partial charge is 0.419 e. The van der Waals surface area contributed by atoms with E-state index < -0.39 is 58.8 Å². The molecule has 1 heterocycles. The van der Waals surface area contributed by atoms with Crippen LogP contribution in [0.2, 0.25) is 0 Å². The van der Waals surface area contributed by atoms with Crippen molar-refractivity contribution in [3.8, 4) is 0 Å². The van der Waals surface area contributed by atoms with Crippen LogP contribution in [0, 0.1) is 5.82 Å². The average Bonchev–Trinajstić information content (AvgIpc) is 3.34. The van der Waals surface area contributed by atoms with E-state index in [1.165, 1.54) is 0 Å². The number of aromatic carboxylic acids is 2. The topological polar surface area (TPSA) is 109 Å². The van der Waals surface area contributed by atoms with Gasteiger partial charge in [0.15, 0.2) is 17.2 Å². The summed E-state index contributed by atoms with van der Waals surface area (Å²) in [6.45, 7) is -0.764. The van der Waals surface area contributed by atoms with Crippen molar-refractivity contribution >= 4 is 17.7 Å². The fourth-order valence-corrected chi connectivity index (χ4v) is 2.88. The van der Waals surface area contributed by atoms with Gasteiger partial charge in [-0.1, -0.05) is 6.07 Å². The minimum atomic E-state index is -4.93. The molecule has 148 valence electrons. The molecule has 0 bridgehead atoms. The van der Waals surface area contributed by atoms with E-state index in [0.717, 1.165) is 6.07 Å². The van der Waals surface area contributed by atoms with Crippen LogP contribution in [0.5, 0.6) is 0 Å². The van der Waals surface area contributed by atoms with Gasteiger partial charge in [0.1, 0.15) is 12.4 Å². The molecule has 0 atom stereocenters. The largest absolute Gasteiger partial charge is 0.477 e. The normalized spacial score (nSPS) is 14.1. The van der Waals surface area contributed by atoms with Crippen molar-refractivity contribution in [2.75, 3.05) is 0 Å². The molecule has 1 saturated carbocycles. The van der Waals surface area contributed by atoms with E-state index in [2.05, 4.69) is 5.10 Å². The van der Waals surface area contributed by atoms with Gasteiger partial charge in [-0.15, -0.1) is 0 Å². The minimum Gasteiger partial charge on any atom is -0.477 e. The molecule has 7 nitrogen and oxygen atoms in total. The lowest BCUT2D eigenvalue weighted by Crippen LogP contribution is -2.18. The number of halogens is 4. The number of alkyl halides is 3. The van der Waals surface area contributed by atoms with Crippen molar-refractivity contribution in [3.63, 3.8) is 0 Å². The number of ketones is 1. The Bertz CT molecular complexity index is 992. The highest BCUT2D eigenvalue weighted by Crippen LogP contribution is 2.43. The first-order valence-corrected chi connectivity index (χ1v) is 7.98. The zero-order valence-corrected chi connectivity index (χ0v) is 14.0. The lowest BCUT2D eigenvalue weighted by atomic mass is 10.1. The molecule has 0 unspecified atom stereocenters. The van der Waals surface area contributed by atoms with Gasteiger partial charge in [-0.05, 0) is 30.9 Å². The molecular formula is C17H12F4N2O5. The minimum absolute atomic E-state index is 0.00593. The second-order valence-corrected chi connectivity index (χ2v) is 6.27. The van der Waals surface area contributed by atoms with E-state index in [0.29, 0.717) is 29.7 Å². The van der Waals surface area contributed by atoms with E-state index in [9.17, 15) is 42.2 Å². The van der Waals surface area contributed by atoms with E-state index >= 15 is 0 Å². The number of carbonyl (C=O) groups excluding carboxylic acids is 1. The second-order valence-electron chi connectivity index (χ2n) is 6.27. The number of rotatable bonds is 6. The molecule has 2 N–H and O–H groups in total. The maximum Gasteiger partial charge on any atom is 0.419 e. The molecule has 1 aromatic heterocycles. The zero-order chi connectivity index (χ0) is 20.8. The van der Waals surface area contributed by atoms with Gasteiger partial charge in [0.2, 0.25) is 0 Å². The monoisotopic (exact) mass is 400 g/mol. The van der Waals surface area contributed by atoms with Crippen LogP contribution in [0.3, 0.4) is 0 Å². The Morgan fingerprint density at radius 3 is 2.25 bits per heavy atom. The number of carboxylic acids is 2. The van der Waals surface area contributed by atoms with Crippen LogP contribution >= 0.6 is 0 Å². The fourth-order valence-electron chi connectivity index (χ4n) is 2.88. The summed E-state index contributed by atoms with van der Waals surface area (Å²) in [5.41, 5.74) is -2.93. The van der Waals surface area contributed by atoms with Crippen LogP contribution in [-0.4, -0.2) is 37.7 Å². The molecule has 0 spiro atoms. The molecular weight excluding hydrogens is 388 g/mol. The Hall–Kier alpha value is -3.24. The number of carboxylic acid groups (broad SMARTS) is 2. The van der Waals surface area contributed by atoms with Crippen LogP contribution in [0.25, 0.3) is 0 Å². The highest BCUT2D eigenvalue weighted by molar-refractivity contribution is 5.98. The van der Waals surface area contributed by atoms with Crippen LogP contribution in [0.15, 0.2) is 18.2 Å². The summed E-state index contributed by atoms with van der Waals surface area (Å²) in [6, 6.07) is 1.56. The first-order chi connectivity index (χ1) is 13.0. The second kappa shape index (κ2) is 6.73. The quantitative estimate of drug-likeness (QED) is 0.569.